The summed E-state index contributed by atoms with van der Waals surface area (Å²) in [6.07, 6.45) is 4.03. The normalized spacial score (nSPS) is 15.2. The average molecular weight is 607 g/mol. The first-order valence-corrected chi connectivity index (χ1v) is 14.1. The molecule has 8 nitrogen and oxygen atoms in total. The van der Waals surface area contributed by atoms with Crippen LogP contribution in [0.5, 0.6) is 11.6 Å². The number of alkyl halides is 1. The van der Waals surface area contributed by atoms with E-state index in [1.54, 1.807) is 25.2 Å². The molecule has 2 aromatic heterocycles. The summed E-state index contributed by atoms with van der Waals surface area (Å²) < 4.78 is 89.2. The van der Waals surface area contributed by atoms with Crippen LogP contribution in [0.4, 0.5) is 33.6 Å². The van der Waals surface area contributed by atoms with E-state index in [9.17, 15) is 26.2 Å². The van der Waals surface area contributed by atoms with Crippen LogP contribution < -0.4 is 20.1 Å². The molecule has 14 heteroatoms. The monoisotopic (exact) mass is 606 g/mol. The fourth-order valence-electron chi connectivity index (χ4n) is 3.83. The van der Waals surface area contributed by atoms with Crippen molar-refractivity contribution in [1.82, 2.24) is 20.3 Å². The molecule has 0 radical (unpaired) electrons. The first-order chi connectivity index (χ1) is 20.2. The van der Waals surface area contributed by atoms with E-state index in [0.29, 0.717) is 35.4 Å². The van der Waals surface area contributed by atoms with E-state index in [1.807, 2.05) is 0 Å². The average Bonchev–Trinajstić information content (AvgIpc) is 3.00. The Kier molecular flexibility index (Phi) is 10.7. The maximum Gasteiger partial charge on any atom is 0.228 e. The Bertz CT molecular complexity index is 1520. The topological polar surface area (TPSA) is 101 Å². The molecule has 0 saturated carbocycles. The highest BCUT2D eigenvalue weighted by Gasteiger charge is 2.23. The molecule has 3 heterocycles. The number of hydrogen-bond acceptors (Lipinski definition) is 7. The Morgan fingerprint density at radius 1 is 1.05 bits per heavy atom. The molecule has 42 heavy (non-hydrogen) atoms. The smallest absolute Gasteiger partial charge is 0.228 e. The van der Waals surface area contributed by atoms with Gasteiger partial charge in [-0.25, -0.2) is 36.7 Å². The summed E-state index contributed by atoms with van der Waals surface area (Å²) in [6, 6.07) is 10.4. The van der Waals surface area contributed by atoms with Crippen molar-refractivity contribution < 1.29 is 30.9 Å². The highest BCUT2D eigenvalue weighted by Crippen LogP contribution is 2.35. The zero-order valence-corrected chi connectivity index (χ0v) is 23.2. The molecule has 1 fully saturated rings. The number of hydrogen-bond donors (Lipinski definition) is 3. The molecule has 0 bridgehead atoms. The van der Waals surface area contributed by atoms with Gasteiger partial charge in [0, 0.05) is 32.1 Å². The number of pyridine rings is 1. The number of halogens is 5. The molecule has 2 aromatic carbocycles. The molecule has 0 amide bonds. The lowest BCUT2D eigenvalue weighted by Gasteiger charge is -2.14. The summed E-state index contributed by atoms with van der Waals surface area (Å²) in [5.74, 6) is -5.64. The van der Waals surface area contributed by atoms with Gasteiger partial charge in [-0.3, -0.25) is 4.72 Å². The largest absolute Gasteiger partial charge is 0.435 e. The SMILES string of the molecule is CNc1nccc(-c2cccnc2Oc2cc(F)c(NS(=O)Cc3ccc(F)cc3)c(F)c2F)n1.FC1CCCNC1. The van der Waals surface area contributed by atoms with Gasteiger partial charge in [-0.1, -0.05) is 12.1 Å². The highest BCUT2D eigenvalue weighted by molar-refractivity contribution is 7.85. The van der Waals surface area contributed by atoms with Gasteiger partial charge in [0.15, 0.2) is 17.4 Å². The van der Waals surface area contributed by atoms with Crippen LogP contribution >= 0.6 is 0 Å². The summed E-state index contributed by atoms with van der Waals surface area (Å²) in [5, 5.41) is 5.74. The van der Waals surface area contributed by atoms with E-state index < -0.39 is 51.9 Å². The van der Waals surface area contributed by atoms with Gasteiger partial charge in [-0.2, -0.15) is 4.39 Å². The molecular formula is C28H27F5N6O2S. The maximum absolute atomic E-state index is 14.8. The molecule has 2 unspecified atom stereocenters. The van der Waals surface area contributed by atoms with Gasteiger partial charge >= 0.3 is 0 Å². The van der Waals surface area contributed by atoms with E-state index >= 15 is 0 Å². The van der Waals surface area contributed by atoms with Crippen LogP contribution in [0.15, 0.2) is 60.9 Å². The third-order valence-corrected chi connectivity index (χ3v) is 6.95. The molecule has 1 saturated heterocycles. The first kappa shape index (κ1) is 30.8. The van der Waals surface area contributed by atoms with Gasteiger partial charge < -0.3 is 15.4 Å². The van der Waals surface area contributed by atoms with Crippen LogP contribution in [0.3, 0.4) is 0 Å². The molecule has 1 aliphatic rings. The number of anilines is 2. The molecule has 5 rings (SSSR count). The number of ether oxygens (including phenoxy) is 1. The van der Waals surface area contributed by atoms with E-state index in [4.69, 9.17) is 4.74 Å². The molecule has 222 valence electrons. The Labute approximate surface area is 241 Å². The Morgan fingerprint density at radius 3 is 2.50 bits per heavy atom. The second kappa shape index (κ2) is 14.6. The third-order valence-electron chi connectivity index (χ3n) is 5.92. The summed E-state index contributed by atoms with van der Waals surface area (Å²) in [6.45, 7) is 1.57. The molecule has 1 aliphatic heterocycles. The second-order valence-corrected chi connectivity index (χ2v) is 10.2. The standard InChI is InChI=1S/C23H17F4N5O2S.C5H10FN/c1-28-23-30-10-8-17(31-23)15-3-2-9-29-22(15)34-18-11-16(25)21(20(27)19(18)26)32-35(33)12-13-4-6-14(24)7-5-13;6-5-2-1-3-7-4-5/h2-11,32H,12H2,1H3,(H,28,30,31);5,7H,1-4H2. The summed E-state index contributed by atoms with van der Waals surface area (Å²) in [7, 11) is -0.398. The Balaban J connectivity index is 0.000000507. The van der Waals surface area contributed by atoms with Crippen LogP contribution in [0.25, 0.3) is 11.3 Å². The number of piperidine rings is 1. The van der Waals surface area contributed by atoms with Crippen molar-refractivity contribution in [1.29, 1.82) is 0 Å². The summed E-state index contributed by atoms with van der Waals surface area (Å²) in [5.41, 5.74) is 0.232. The van der Waals surface area contributed by atoms with Gasteiger partial charge in [0.25, 0.3) is 0 Å². The van der Waals surface area contributed by atoms with Crippen molar-refractivity contribution in [2.45, 2.75) is 24.8 Å². The van der Waals surface area contributed by atoms with E-state index in [1.165, 1.54) is 24.5 Å². The van der Waals surface area contributed by atoms with Crippen LogP contribution in [-0.2, 0) is 16.7 Å². The van der Waals surface area contributed by atoms with Crippen molar-refractivity contribution in [3.8, 4) is 22.9 Å². The Morgan fingerprint density at radius 2 is 1.83 bits per heavy atom. The lowest BCUT2D eigenvalue weighted by atomic mass is 10.1. The molecule has 2 atom stereocenters. The van der Waals surface area contributed by atoms with Crippen molar-refractivity contribution in [2.24, 2.45) is 0 Å². The second-order valence-electron chi connectivity index (χ2n) is 9.00. The molecular weight excluding hydrogens is 579 g/mol. The molecule has 4 aromatic rings. The minimum absolute atomic E-state index is 0.147. The lowest BCUT2D eigenvalue weighted by Crippen LogP contribution is -2.30. The van der Waals surface area contributed by atoms with Crippen molar-refractivity contribution in [3.05, 3.63) is 89.8 Å². The third kappa shape index (κ3) is 8.19. The summed E-state index contributed by atoms with van der Waals surface area (Å²) in [4.78, 5) is 12.3. The van der Waals surface area contributed by atoms with Crippen LogP contribution in [0.1, 0.15) is 18.4 Å². The van der Waals surface area contributed by atoms with Gasteiger partial charge in [0.1, 0.15) is 28.7 Å². The van der Waals surface area contributed by atoms with Gasteiger partial charge in [0.05, 0.1) is 17.0 Å². The van der Waals surface area contributed by atoms with Gasteiger partial charge in [0.2, 0.25) is 17.6 Å². The highest BCUT2D eigenvalue weighted by atomic mass is 32.2. The minimum atomic E-state index is -2.03. The number of benzene rings is 2. The number of aromatic nitrogens is 3. The lowest BCUT2D eigenvalue weighted by molar-refractivity contribution is 0.266. The zero-order chi connectivity index (χ0) is 30.1. The molecule has 3 N–H and O–H groups in total. The minimum Gasteiger partial charge on any atom is -0.435 e. The zero-order valence-electron chi connectivity index (χ0n) is 22.3. The number of nitrogens with one attached hydrogen (secondary N) is 3. The Hall–Kier alpha value is -4.17. The van der Waals surface area contributed by atoms with Crippen LogP contribution in [0.2, 0.25) is 0 Å². The quantitative estimate of drug-likeness (QED) is 0.169. The van der Waals surface area contributed by atoms with Crippen LogP contribution in [0, 0.1) is 23.3 Å². The predicted octanol–water partition coefficient (Wildman–Crippen LogP) is 5.91. The fourth-order valence-corrected chi connectivity index (χ4v) is 4.81. The first-order valence-electron chi connectivity index (χ1n) is 12.8. The van der Waals surface area contributed by atoms with Gasteiger partial charge in [-0.05, 0) is 55.3 Å². The van der Waals surface area contributed by atoms with Crippen molar-refractivity contribution in [2.75, 3.05) is 30.2 Å². The molecule has 0 spiro atoms. The molecule has 0 aliphatic carbocycles. The van der Waals surface area contributed by atoms with E-state index in [-0.39, 0.29) is 11.6 Å². The van der Waals surface area contributed by atoms with Crippen molar-refractivity contribution >= 4 is 22.6 Å². The predicted molar refractivity (Wildman–Crippen MR) is 150 cm³/mol. The van der Waals surface area contributed by atoms with E-state index in [0.717, 1.165) is 31.5 Å². The maximum atomic E-state index is 14.8. The van der Waals surface area contributed by atoms with E-state index in [2.05, 4.69) is 30.3 Å². The summed E-state index contributed by atoms with van der Waals surface area (Å²) >= 11 is 0. The fraction of sp³-hybridized carbons (Fsp3) is 0.250. The number of nitrogens with zero attached hydrogens (tertiary/aromatic N) is 3. The van der Waals surface area contributed by atoms with Crippen LogP contribution in [-0.4, -0.2) is 45.5 Å². The van der Waals surface area contributed by atoms with Crippen molar-refractivity contribution in [3.63, 3.8) is 0 Å². The number of rotatable bonds is 8. The van der Waals surface area contributed by atoms with Gasteiger partial charge in [-0.15, -0.1) is 0 Å².